The number of aryl methyl sites for hydroxylation is 2. The monoisotopic (exact) mass is 348 g/mol. The van der Waals surface area contributed by atoms with Gasteiger partial charge in [-0.3, -0.25) is 14.9 Å². The van der Waals surface area contributed by atoms with E-state index in [9.17, 15) is 0 Å². The molecular formula is C20H24N6. The number of H-pyrrole nitrogens is 1. The fourth-order valence-electron chi connectivity index (χ4n) is 3.70. The second-order valence-corrected chi connectivity index (χ2v) is 7.05. The first-order valence-corrected chi connectivity index (χ1v) is 9.17. The molecule has 26 heavy (non-hydrogen) atoms. The summed E-state index contributed by atoms with van der Waals surface area (Å²) in [5, 5.41) is 0. The summed E-state index contributed by atoms with van der Waals surface area (Å²) in [6.45, 7) is 7.00. The average Bonchev–Trinajstić information content (AvgIpc) is 3.08. The van der Waals surface area contributed by atoms with Crippen molar-refractivity contribution in [1.82, 2.24) is 29.8 Å². The second kappa shape index (κ2) is 7.33. The number of imidazole rings is 1. The highest BCUT2D eigenvalue weighted by Crippen LogP contribution is 2.31. The van der Waals surface area contributed by atoms with E-state index in [4.69, 9.17) is 0 Å². The minimum Gasteiger partial charge on any atom is -0.341 e. The number of rotatable bonds is 4. The fraction of sp³-hybridized carbons (Fsp3) is 0.400. The van der Waals surface area contributed by atoms with Crippen LogP contribution in [0.15, 0.2) is 36.8 Å². The van der Waals surface area contributed by atoms with Crippen molar-refractivity contribution in [2.75, 3.05) is 13.1 Å². The molecule has 0 aromatic carbocycles. The molecule has 1 aliphatic rings. The van der Waals surface area contributed by atoms with Crippen LogP contribution in [0.4, 0.5) is 0 Å². The SMILES string of the molecule is Cc1cccc(CN2CCCC(c3nccnc3-c3ncc(C)[nH]3)C2)n1. The zero-order chi connectivity index (χ0) is 17.9. The van der Waals surface area contributed by atoms with Gasteiger partial charge in [-0.1, -0.05) is 6.07 Å². The molecule has 134 valence electrons. The van der Waals surface area contributed by atoms with Gasteiger partial charge in [0.1, 0.15) is 5.69 Å². The van der Waals surface area contributed by atoms with Crippen molar-refractivity contribution in [3.63, 3.8) is 0 Å². The summed E-state index contributed by atoms with van der Waals surface area (Å²) in [6, 6.07) is 6.23. The third-order valence-electron chi connectivity index (χ3n) is 4.88. The van der Waals surface area contributed by atoms with Gasteiger partial charge in [-0.2, -0.15) is 0 Å². The van der Waals surface area contributed by atoms with Crippen LogP contribution in [-0.4, -0.2) is 42.9 Å². The number of nitrogens with one attached hydrogen (secondary N) is 1. The van der Waals surface area contributed by atoms with Gasteiger partial charge < -0.3 is 4.98 Å². The molecule has 0 amide bonds. The molecule has 6 nitrogen and oxygen atoms in total. The van der Waals surface area contributed by atoms with Crippen molar-refractivity contribution in [2.45, 2.75) is 39.2 Å². The topological polar surface area (TPSA) is 70.6 Å². The van der Waals surface area contributed by atoms with Crippen LogP contribution in [0.25, 0.3) is 11.5 Å². The Balaban J connectivity index is 1.55. The Morgan fingerprint density at radius 3 is 2.85 bits per heavy atom. The Morgan fingerprint density at radius 2 is 2.04 bits per heavy atom. The lowest BCUT2D eigenvalue weighted by molar-refractivity contribution is 0.196. The van der Waals surface area contributed by atoms with E-state index in [1.54, 1.807) is 12.4 Å². The van der Waals surface area contributed by atoms with Crippen LogP contribution in [-0.2, 0) is 6.54 Å². The van der Waals surface area contributed by atoms with Gasteiger partial charge in [0.2, 0.25) is 0 Å². The molecule has 3 aromatic heterocycles. The normalized spacial score (nSPS) is 18.2. The molecular weight excluding hydrogens is 324 g/mol. The van der Waals surface area contributed by atoms with Crippen molar-refractivity contribution < 1.29 is 0 Å². The fourth-order valence-corrected chi connectivity index (χ4v) is 3.70. The van der Waals surface area contributed by atoms with Crippen molar-refractivity contribution in [1.29, 1.82) is 0 Å². The summed E-state index contributed by atoms with van der Waals surface area (Å²) < 4.78 is 0. The first-order chi connectivity index (χ1) is 12.7. The van der Waals surface area contributed by atoms with E-state index in [1.807, 2.05) is 26.1 Å². The molecule has 6 heteroatoms. The van der Waals surface area contributed by atoms with Crippen molar-refractivity contribution in [3.05, 3.63) is 59.6 Å². The number of hydrogen-bond acceptors (Lipinski definition) is 5. The van der Waals surface area contributed by atoms with Crippen molar-refractivity contribution in [3.8, 4) is 11.5 Å². The van der Waals surface area contributed by atoms with E-state index < -0.39 is 0 Å². The summed E-state index contributed by atoms with van der Waals surface area (Å²) in [4.78, 5) is 24.1. The minimum absolute atomic E-state index is 0.364. The summed E-state index contributed by atoms with van der Waals surface area (Å²) in [5.74, 6) is 1.17. The maximum atomic E-state index is 4.68. The lowest BCUT2D eigenvalue weighted by Gasteiger charge is -2.32. The molecule has 0 radical (unpaired) electrons. The van der Waals surface area contributed by atoms with Gasteiger partial charge in [-0.25, -0.2) is 9.97 Å². The van der Waals surface area contributed by atoms with E-state index >= 15 is 0 Å². The van der Waals surface area contributed by atoms with Crippen LogP contribution in [0.2, 0.25) is 0 Å². The molecule has 0 saturated carbocycles. The molecule has 1 atom stereocenters. The number of aromatic nitrogens is 5. The Bertz CT molecular complexity index is 887. The first-order valence-electron chi connectivity index (χ1n) is 9.17. The number of nitrogens with zero attached hydrogens (tertiary/aromatic N) is 5. The predicted octanol–water partition coefficient (Wildman–Crippen LogP) is 3.26. The van der Waals surface area contributed by atoms with Gasteiger partial charge in [0.25, 0.3) is 0 Å². The Kier molecular flexibility index (Phi) is 4.75. The molecule has 0 bridgehead atoms. The van der Waals surface area contributed by atoms with Gasteiger partial charge in [0, 0.05) is 49.0 Å². The molecule has 0 aliphatic carbocycles. The predicted molar refractivity (Wildman–Crippen MR) is 101 cm³/mol. The second-order valence-electron chi connectivity index (χ2n) is 7.05. The summed E-state index contributed by atoms with van der Waals surface area (Å²) in [6.07, 6.45) is 7.65. The highest BCUT2D eigenvalue weighted by molar-refractivity contribution is 5.53. The third-order valence-corrected chi connectivity index (χ3v) is 4.88. The lowest BCUT2D eigenvalue weighted by Crippen LogP contribution is -2.34. The molecule has 1 N–H and O–H groups in total. The highest BCUT2D eigenvalue weighted by atomic mass is 15.1. The zero-order valence-corrected chi connectivity index (χ0v) is 15.3. The number of aromatic amines is 1. The van der Waals surface area contributed by atoms with E-state index in [2.05, 4.69) is 42.0 Å². The van der Waals surface area contributed by atoms with Gasteiger partial charge in [0.05, 0.1) is 11.4 Å². The van der Waals surface area contributed by atoms with E-state index in [0.717, 1.165) is 66.8 Å². The van der Waals surface area contributed by atoms with Gasteiger partial charge in [-0.15, -0.1) is 0 Å². The van der Waals surface area contributed by atoms with E-state index in [-0.39, 0.29) is 0 Å². The Hall–Kier alpha value is -2.60. The molecule has 4 rings (SSSR count). The molecule has 1 unspecified atom stereocenters. The van der Waals surface area contributed by atoms with Crippen LogP contribution in [0, 0.1) is 13.8 Å². The smallest absolute Gasteiger partial charge is 0.158 e. The number of piperidine rings is 1. The number of likely N-dealkylation sites (tertiary alicyclic amines) is 1. The molecule has 1 aliphatic heterocycles. The zero-order valence-electron chi connectivity index (χ0n) is 15.3. The Morgan fingerprint density at radius 1 is 1.15 bits per heavy atom. The largest absolute Gasteiger partial charge is 0.341 e. The molecule has 3 aromatic rings. The minimum atomic E-state index is 0.364. The van der Waals surface area contributed by atoms with E-state index in [0.29, 0.717) is 5.92 Å². The summed E-state index contributed by atoms with van der Waals surface area (Å²) in [7, 11) is 0. The number of pyridine rings is 1. The van der Waals surface area contributed by atoms with Crippen molar-refractivity contribution in [2.24, 2.45) is 0 Å². The molecule has 4 heterocycles. The molecule has 1 fully saturated rings. The van der Waals surface area contributed by atoms with E-state index in [1.165, 1.54) is 0 Å². The van der Waals surface area contributed by atoms with Crippen LogP contribution in [0.3, 0.4) is 0 Å². The van der Waals surface area contributed by atoms with Crippen LogP contribution < -0.4 is 0 Å². The van der Waals surface area contributed by atoms with Crippen LogP contribution in [0.5, 0.6) is 0 Å². The van der Waals surface area contributed by atoms with Gasteiger partial charge in [0.15, 0.2) is 5.82 Å². The highest BCUT2D eigenvalue weighted by Gasteiger charge is 2.26. The summed E-state index contributed by atoms with van der Waals surface area (Å²) in [5.41, 5.74) is 5.16. The standard InChI is InChI=1S/C20H24N6/c1-14-5-3-7-17(24-14)13-26-10-4-6-16(12-26)18-19(22-9-8-21-18)20-23-11-15(2)25-20/h3,5,7-9,11,16H,4,6,10,12-13H2,1-2H3,(H,23,25). The first kappa shape index (κ1) is 16.8. The lowest BCUT2D eigenvalue weighted by atomic mass is 9.93. The van der Waals surface area contributed by atoms with Crippen LogP contribution in [0.1, 0.15) is 41.5 Å². The maximum Gasteiger partial charge on any atom is 0.158 e. The molecule has 1 saturated heterocycles. The Labute approximate surface area is 153 Å². The molecule has 0 spiro atoms. The van der Waals surface area contributed by atoms with Gasteiger partial charge in [-0.05, 0) is 45.4 Å². The maximum absolute atomic E-state index is 4.68. The van der Waals surface area contributed by atoms with Crippen LogP contribution >= 0.6 is 0 Å². The average molecular weight is 348 g/mol. The quantitative estimate of drug-likeness (QED) is 0.784. The summed E-state index contributed by atoms with van der Waals surface area (Å²) >= 11 is 0. The third kappa shape index (κ3) is 3.65. The van der Waals surface area contributed by atoms with Crippen molar-refractivity contribution >= 4 is 0 Å². The van der Waals surface area contributed by atoms with Gasteiger partial charge >= 0.3 is 0 Å². The number of hydrogen-bond donors (Lipinski definition) is 1.